The number of hydrogen-bond donors (Lipinski definition) is 0. The number of nitro groups is 1. The van der Waals surface area contributed by atoms with E-state index in [-0.39, 0.29) is 21.5 Å². The van der Waals surface area contributed by atoms with Gasteiger partial charge in [-0.3, -0.25) is 10.1 Å². The Bertz CT molecular complexity index is 751. The lowest BCUT2D eigenvalue weighted by atomic mass is 10.2. The number of rotatable bonds is 3. The monoisotopic (exact) mass is 386 g/mol. The van der Waals surface area contributed by atoms with Gasteiger partial charge >= 0.3 is 0 Å². The molecule has 0 saturated carbocycles. The quantitative estimate of drug-likeness (QED) is 0.526. The first-order chi connectivity index (χ1) is 9.90. The van der Waals surface area contributed by atoms with Gasteiger partial charge in [0.1, 0.15) is 5.75 Å². The summed E-state index contributed by atoms with van der Waals surface area (Å²) < 4.78 is 6.17. The van der Waals surface area contributed by atoms with Gasteiger partial charge in [-0.25, -0.2) is 0 Å². The lowest BCUT2D eigenvalue weighted by Crippen LogP contribution is -1.92. The maximum absolute atomic E-state index is 10.7. The summed E-state index contributed by atoms with van der Waals surface area (Å²) in [4.78, 5) is 10.1. The first-order valence-electron chi connectivity index (χ1n) is 5.42. The van der Waals surface area contributed by atoms with Gasteiger partial charge in [0, 0.05) is 16.6 Å². The molecule has 0 fully saturated rings. The molecule has 2 rings (SSSR count). The van der Waals surface area contributed by atoms with Crippen molar-refractivity contribution >= 4 is 44.8 Å². The van der Waals surface area contributed by atoms with Gasteiger partial charge in [0.05, 0.1) is 26.6 Å². The Labute approximate surface area is 137 Å². The molecule has 0 amide bonds. The fourth-order valence-electron chi connectivity index (χ4n) is 1.55. The first-order valence-corrected chi connectivity index (χ1v) is 6.97. The molecule has 0 saturated heterocycles. The number of nitriles is 1. The van der Waals surface area contributed by atoms with Gasteiger partial charge in [-0.05, 0) is 18.2 Å². The van der Waals surface area contributed by atoms with Crippen molar-refractivity contribution in [1.29, 1.82) is 5.26 Å². The van der Waals surface area contributed by atoms with E-state index in [0.717, 1.165) is 12.1 Å². The zero-order valence-electron chi connectivity index (χ0n) is 10.1. The minimum absolute atomic E-state index is 0.00711. The number of halogens is 3. The minimum Gasteiger partial charge on any atom is -0.454 e. The topological polar surface area (TPSA) is 76.2 Å². The second-order valence-corrected chi connectivity index (χ2v) is 5.62. The standard InChI is InChI=1S/C13H5BrCl2N2O3/c14-8-1-7(6-17)2-10(3-8)21-13-11(15)4-9(18(19)20)5-12(13)16/h1-5H. The molecular formula is C13H5BrCl2N2O3. The zero-order valence-corrected chi connectivity index (χ0v) is 13.2. The van der Waals surface area contributed by atoms with E-state index in [4.69, 9.17) is 33.2 Å². The fourth-order valence-corrected chi connectivity index (χ4v) is 2.58. The Morgan fingerprint density at radius 1 is 1.19 bits per heavy atom. The smallest absolute Gasteiger partial charge is 0.272 e. The Kier molecular flexibility index (Phi) is 4.68. The summed E-state index contributed by atoms with van der Waals surface area (Å²) in [5.74, 6) is 0.421. The van der Waals surface area contributed by atoms with Crippen LogP contribution in [0, 0.1) is 21.4 Å². The normalized spacial score (nSPS) is 10.0. The van der Waals surface area contributed by atoms with E-state index in [0.29, 0.717) is 15.8 Å². The maximum Gasteiger partial charge on any atom is 0.272 e. The summed E-state index contributed by atoms with van der Waals surface area (Å²) in [5.41, 5.74) is 0.151. The molecule has 0 unspecified atom stereocenters. The molecule has 0 spiro atoms. The van der Waals surface area contributed by atoms with E-state index in [2.05, 4.69) is 15.9 Å². The predicted molar refractivity (Wildman–Crippen MR) is 82.0 cm³/mol. The van der Waals surface area contributed by atoms with Crippen LogP contribution in [0.4, 0.5) is 5.69 Å². The van der Waals surface area contributed by atoms with Gasteiger partial charge in [0.2, 0.25) is 0 Å². The fraction of sp³-hybridized carbons (Fsp3) is 0. The van der Waals surface area contributed by atoms with Gasteiger partial charge in [-0.15, -0.1) is 0 Å². The van der Waals surface area contributed by atoms with E-state index in [1.807, 2.05) is 6.07 Å². The molecule has 0 aliphatic carbocycles. The van der Waals surface area contributed by atoms with Crippen LogP contribution in [0.2, 0.25) is 10.0 Å². The third-order valence-corrected chi connectivity index (χ3v) is 3.43. The summed E-state index contributed by atoms with van der Waals surface area (Å²) in [5, 5.41) is 19.6. The molecule has 0 heterocycles. The Hall–Kier alpha value is -1.81. The van der Waals surface area contributed by atoms with Crippen LogP contribution >= 0.6 is 39.1 Å². The molecule has 0 N–H and O–H groups in total. The van der Waals surface area contributed by atoms with Crippen LogP contribution in [0.15, 0.2) is 34.8 Å². The SMILES string of the molecule is N#Cc1cc(Br)cc(Oc2c(Cl)cc([N+](=O)[O-])cc2Cl)c1. The second-order valence-electron chi connectivity index (χ2n) is 3.89. The van der Waals surface area contributed by atoms with Crippen molar-refractivity contribution in [2.75, 3.05) is 0 Å². The molecule has 0 bridgehead atoms. The Balaban J connectivity index is 2.43. The summed E-state index contributed by atoms with van der Waals surface area (Å²) in [7, 11) is 0. The molecule has 0 radical (unpaired) electrons. The lowest BCUT2D eigenvalue weighted by Gasteiger charge is -2.10. The third kappa shape index (κ3) is 3.64. The highest BCUT2D eigenvalue weighted by Crippen LogP contribution is 2.40. The Morgan fingerprint density at radius 2 is 1.81 bits per heavy atom. The average Bonchev–Trinajstić information content (AvgIpc) is 2.41. The Morgan fingerprint density at radius 3 is 2.33 bits per heavy atom. The highest BCUT2D eigenvalue weighted by molar-refractivity contribution is 9.10. The molecule has 106 valence electrons. The average molecular weight is 388 g/mol. The van der Waals surface area contributed by atoms with Gasteiger partial charge in [-0.2, -0.15) is 5.26 Å². The van der Waals surface area contributed by atoms with E-state index in [9.17, 15) is 10.1 Å². The van der Waals surface area contributed by atoms with Crippen LogP contribution in [-0.2, 0) is 0 Å². The molecular weight excluding hydrogens is 383 g/mol. The number of benzene rings is 2. The van der Waals surface area contributed by atoms with Gasteiger partial charge in [-0.1, -0.05) is 39.1 Å². The first kappa shape index (κ1) is 15.6. The van der Waals surface area contributed by atoms with Crippen molar-refractivity contribution < 1.29 is 9.66 Å². The van der Waals surface area contributed by atoms with Crippen LogP contribution in [-0.4, -0.2) is 4.92 Å². The molecule has 0 aliphatic heterocycles. The minimum atomic E-state index is -0.603. The lowest BCUT2D eigenvalue weighted by molar-refractivity contribution is -0.384. The van der Waals surface area contributed by atoms with E-state index in [1.54, 1.807) is 12.1 Å². The van der Waals surface area contributed by atoms with Crippen molar-refractivity contribution in [1.82, 2.24) is 0 Å². The summed E-state index contributed by atoms with van der Waals surface area (Å²) in [6.07, 6.45) is 0. The van der Waals surface area contributed by atoms with Gasteiger partial charge in [0.25, 0.3) is 5.69 Å². The van der Waals surface area contributed by atoms with Crippen molar-refractivity contribution in [3.8, 4) is 17.6 Å². The van der Waals surface area contributed by atoms with Crippen LogP contribution in [0.3, 0.4) is 0 Å². The van der Waals surface area contributed by atoms with Crippen LogP contribution in [0.1, 0.15) is 5.56 Å². The van der Waals surface area contributed by atoms with Gasteiger partial charge in [0.15, 0.2) is 5.75 Å². The van der Waals surface area contributed by atoms with Crippen molar-refractivity contribution in [2.24, 2.45) is 0 Å². The molecule has 8 heteroatoms. The molecule has 5 nitrogen and oxygen atoms in total. The van der Waals surface area contributed by atoms with E-state index in [1.165, 1.54) is 6.07 Å². The number of nitro benzene ring substituents is 1. The summed E-state index contributed by atoms with van der Waals surface area (Å²) in [6.45, 7) is 0. The zero-order chi connectivity index (χ0) is 15.6. The largest absolute Gasteiger partial charge is 0.454 e. The number of ether oxygens (including phenoxy) is 1. The highest BCUT2D eigenvalue weighted by Gasteiger charge is 2.16. The van der Waals surface area contributed by atoms with Crippen molar-refractivity contribution in [3.05, 3.63) is 60.5 Å². The van der Waals surface area contributed by atoms with Crippen molar-refractivity contribution in [3.63, 3.8) is 0 Å². The number of hydrogen-bond acceptors (Lipinski definition) is 4. The summed E-state index contributed by atoms with van der Waals surface area (Å²) >= 11 is 15.2. The summed E-state index contributed by atoms with van der Waals surface area (Å²) in [6, 6.07) is 9.01. The predicted octanol–water partition coefficient (Wildman–Crippen LogP) is 5.33. The van der Waals surface area contributed by atoms with Crippen molar-refractivity contribution in [2.45, 2.75) is 0 Å². The maximum atomic E-state index is 10.7. The second kappa shape index (κ2) is 6.31. The molecule has 2 aromatic rings. The van der Waals surface area contributed by atoms with Crippen LogP contribution in [0.25, 0.3) is 0 Å². The molecule has 0 aromatic heterocycles. The van der Waals surface area contributed by atoms with Gasteiger partial charge < -0.3 is 4.74 Å². The highest BCUT2D eigenvalue weighted by atomic mass is 79.9. The molecule has 2 aromatic carbocycles. The third-order valence-electron chi connectivity index (χ3n) is 2.41. The van der Waals surface area contributed by atoms with Crippen LogP contribution in [0.5, 0.6) is 11.5 Å². The number of non-ortho nitro benzene ring substituents is 1. The molecule has 21 heavy (non-hydrogen) atoms. The van der Waals surface area contributed by atoms with E-state index < -0.39 is 4.92 Å². The van der Waals surface area contributed by atoms with Crippen LogP contribution < -0.4 is 4.74 Å². The number of nitrogens with zero attached hydrogens (tertiary/aromatic N) is 2. The molecule has 0 aliphatic rings. The van der Waals surface area contributed by atoms with E-state index >= 15 is 0 Å². The molecule has 0 atom stereocenters.